The van der Waals surface area contributed by atoms with E-state index in [1.807, 2.05) is 31.3 Å². The monoisotopic (exact) mass is 255 g/mol. The third-order valence-electron chi connectivity index (χ3n) is 2.79. The summed E-state index contributed by atoms with van der Waals surface area (Å²) in [5.41, 5.74) is 8.46. The molecule has 0 aliphatic heterocycles. The lowest BCUT2D eigenvalue weighted by atomic mass is 10.1. The van der Waals surface area contributed by atoms with Gasteiger partial charge in [-0.1, -0.05) is 6.07 Å². The van der Waals surface area contributed by atoms with Gasteiger partial charge in [0, 0.05) is 11.8 Å². The van der Waals surface area contributed by atoms with Crippen LogP contribution in [0.2, 0.25) is 0 Å². The molecule has 0 saturated carbocycles. The highest BCUT2D eigenvalue weighted by Crippen LogP contribution is 2.28. The predicted octanol–water partition coefficient (Wildman–Crippen LogP) is 2.00. The second-order valence-corrected chi connectivity index (χ2v) is 4.04. The van der Waals surface area contributed by atoms with Gasteiger partial charge in [-0.05, 0) is 24.6 Å². The molecule has 0 aliphatic rings. The molecule has 1 aromatic carbocycles. The average molecular weight is 255 g/mol. The molecule has 0 radical (unpaired) electrons. The van der Waals surface area contributed by atoms with Crippen LogP contribution in [0.5, 0.6) is 5.88 Å². The van der Waals surface area contributed by atoms with E-state index in [1.165, 1.54) is 0 Å². The third-order valence-corrected chi connectivity index (χ3v) is 2.79. The van der Waals surface area contributed by atoms with Gasteiger partial charge in [0.2, 0.25) is 11.8 Å². The molecule has 0 saturated heterocycles. The highest BCUT2D eigenvalue weighted by molar-refractivity contribution is 5.88. The van der Waals surface area contributed by atoms with Gasteiger partial charge < -0.3 is 10.5 Å². The molecule has 6 heteroatoms. The maximum absolute atomic E-state index is 5.67. The first-order valence-electron chi connectivity index (χ1n) is 5.97. The van der Waals surface area contributed by atoms with E-state index in [2.05, 4.69) is 20.2 Å². The number of nitrogen functional groups attached to an aromatic ring is 1. The summed E-state index contributed by atoms with van der Waals surface area (Å²) in [5, 5.41) is 7.58. The van der Waals surface area contributed by atoms with Gasteiger partial charge in [0.05, 0.1) is 23.7 Å². The molecule has 3 rings (SSSR count). The van der Waals surface area contributed by atoms with Gasteiger partial charge in [-0.3, -0.25) is 5.10 Å². The van der Waals surface area contributed by atoms with Crippen molar-refractivity contribution in [3.63, 3.8) is 0 Å². The number of hydrogen-bond donors (Lipinski definition) is 2. The van der Waals surface area contributed by atoms with Crippen LogP contribution in [-0.2, 0) is 0 Å². The van der Waals surface area contributed by atoms with Crippen LogP contribution in [0.3, 0.4) is 0 Å². The number of ether oxygens (including phenoxy) is 1. The highest BCUT2D eigenvalue weighted by atomic mass is 16.5. The number of fused-ring (bicyclic) bond motifs is 1. The van der Waals surface area contributed by atoms with E-state index < -0.39 is 0 Å². The summed E-state index contributed by atoms with van der Waals surface area (Å²) in [6.07, 6.45) is 3.60. The van der Waals surface area contributed by atoms with Crippen molar-refractivity contribution in [3.8, 4) is 17.0 Å². The van der Waals surface area contributed by atoms with Crippen molar-refractivity contribution in [1.82, 2.24) is 20.2 Å². The first kappa shape index (κ1) is 11.5. The van der Waals surface area contributed by atoms with Crippen molar-refractivity contribution in [2.45, 2.75) is 6.92 Å². The van der Waals surface area contributed by atoms with E-state index in [4.69, 9.17) is 10.5 Å². The average Bonchev–Trinajstić information content (AvgIpc) is 2.92. The van der Waals surface area contributed by atoms with E-state index in [-0.39, 0.29) is 5.95 Å². The van der Waals surface area contributed by atoms with Gasteiger partial charge in [0.1, 0.15) is 0 Å². The standard InChI is InChI=1S/C13H13N5O/c1-2-19-12-10-5-8(9-6-15-16-7-9)3-4-11(10)17-13(14)18-12/h3-7H,2H2,1H3,(H,15,16)(H2,14,17,18). The van der Waals surface area contributed by atoms with Crippen LogP contribution < -0.4 is 10.5 Å². The summed E-state index contributed by atoms with van der Waals surface area (Å²) in [4.78, 5) is 8.34. The van der Waals surface area contributed by atoms with Crippen LogP contribution in [0.25, 0.3) is 22.0 Å². The van der Waals surface area contributed by atoms with Crippen LogP contribution in [0.1, 0.15) is 6.92 Å². The number of hydrogen-bond acceptors (Lipinski definition) is 5. The maximum Gasteiger partial charge on any atom is 0.226 e. The van der Waals surface area contributed by atoms with E-state index in [0.29, 0.717) is 12.5 Å². The summed E-state index contributed by atoms with van der Waals surface area (Å²) in [5.74, 6) is 0.724. The van der Waals surface area contributed by atoms with Gasteiger partial charge in [-0.2, -0.15) is 10.1 Å². The van der Waals surface area contributed by atoms with Crippen molar-refractivity contribution < 1.29 is 4.74 Å². The number of anilines is 1. The van der Waals surface area contributed by atoms with E-state index >= 15 is 0 Å². The number of aromatic amines is 1. The lowest BCUT2D eigenvalue weighted by Crippen LogP contribution is -2.01. The Labute approximate surface area is 109 Å². The van der Waals surface area contributed by atoms with E-state index in [1.54, 1.807) is 6.20 Å². The second-order valence-electron chi connectivity index (χ2n) is 4.04. The molecule has 96 valence electrons. The molecule has 0 spiro atoms. The molecule has 2 aromatic heterocycles. The van der Waals surface area contributed by atoms with Crippen LogP contribution in [-0.4, -0.2) is 26.8 Å². The number of benzene rings is 1. The number of nitrogens with two attached hydrogens (primary N) is 1. The molecule has 6 nitrogen and oxygen atoms in total. The topological polar surface area (TPSA) is 89.7 Å². The summed E-state index contributed by atoms with van der Waals surface area (Å²) in [6, 6.07) is 5.85. The molecule has 0 aliphatic carbocycles. The normalized spacial score (nSPS) is 10.8. The Bertz CT molecular complexity index is 708. The minimum absolute atomic E-state index is 0.215. The largest absolute Gasteiger partial charge is 0.477 e. The van der Waals surface area contributed by atoms with Crippen LogP contribution in [0.15, 0.2) is 30.6 Å². The van der Waals surface area contributed by atoms with Crippen molar-refractivity contribution in [2.75, 3.05) is 12.3 Å². The predicted molar refractivity (Wildman–Crippen MR) is 72.7 cm³/mol. The molecule has 3 aromatic rings. The van der Waals surface area contributed by atoms with Gasteiger partial charge in [-0.25, -0.2) is 4.98 Å². The van der Waals surface area contributed by atoms with Crippen molar-refractivity contribution >= 4 is 16.9 Å². The Kier molecular flexibility index (Phi) is 2.75. The van der Waals surface area contributed by atoms with Crippen molar-refractivity contribution in [1.29, 1.82) is 0 Å². The fourth-order valence-electron chi connectivity index (χ4n) is 1.95. The smallest absolute Gasteiger partial charge is 0.226 e. The quantitative estimate of drug-likeness (QED) is 0.747. The SMILES string of the molecule is CCOc1nc(N)nc2ccc(-c3cn[nH]c3)cc12. The molecule has 2 heterocycles. The Morgan fingerprint density at radius 3 is 2.89 bits per heavy atom. The Morgan fingerprint density at radius 2 is 2.16 bits per heavy atom. The molecule has 0 unspecified atom stereocenters. The van der Waals surface area contributed by atoms with E-state index in [9.17, 15) is 0 Å². The summed E-state index contributed by atoms with van der Waals surface area (Å²) in [7, 11) is 0. The molecule has 0 amide bonds. The first-order chi connectivity index (χ1) is 9.28. The molecular weight excluding hydrogens is 242 g/mol. The molecule has 0 atom stereocenters. The van der Waals surface area contributed by atoms with Crippen LogP contribution >= 0.6 is 0 Å². The van der Waals surface area contributed by atoms with Gasteiger partial charge in [0.15, 0.2) is 0 Å². The fourth-order valence-corrected chi connectivity index (χ4v) is 1.95. The zero-order chi connectivity index (χ0) is 13.2. The molecule has 19 heavy (non-hydrogen) atoms. The van der Waals surface area contributed by atoms with Crippen molar-refractivity contribution in [3.05, 3.63) is 30.6 Å². The summed E-state index contributed by atoms with van der Waals surface area (Å²) < 4.78 is 5.52. The zero-order valence-electron chi connectivity index (χ0n) is 10.4. The Morgan fingerprint density at radius 1 is 1.26 bits per heavy atom. The molecule has 3 N–H and O–H groups in total. The summed E-state index contributed by atoms with van der Waals surface area (Å²) in [6.45, 7) is 2.44. The van der Waals surface area contributed by atoms with Gasteiger partial charge in [-0.15, -0.1) is 0 Å². The minimum atomic E-state index is 0.215. The summed E-state index contributed by atoms with van der Waals surface area (Å²) >= 11 is 0. The van der Waals surface area contributed by atoms with Crippen LogP contribution in [0.4, 0.5) is 5.95 Å². The Balaban J connectivity index is 2.20. The lowest BCUT2D eigenvalue weighted by molar-refractivity contribution is 0.331. The Hall–Kier alpha value is -2.63. The highest BCUT2D eigenvalue weighted by Gasteiger charge is 2.09. The van der Waals surface area contributed by atoms with Crippen molar-refractivity contribution in [2.24, 2.45) is 0 Å². The molecule has 0 fully saturated rings. The number of H-pyrrole nitrogens is 1. The number of nitrogens with zero attached hydrogens (tertiary/aromatic N) is 3. The number of aromatic nitrogens is 4. The lowest BCUT2D eigenvalue weighted by Gasteiger charge is -2.08. The fraction of sp³-hybridized carbons (Fsp3) is 0.154. The molecule has 0 bridgehead atoms. The second kappa shape index (κ2) is 4.56. The minimum Gasteiger partial charge on any atom is -0.477 e. The van der Waals surface area contributed by atoms with Crippen LogP contribution in [0, 0.1) is 0 Å². The maximum atomic E-state index is 5.67. The number of nitrogens with one attached hydrogen (secondary N) is 1. The van der Waals surface area contributed by atoms with Gasteiger partial charge in [0.25, 0.3) is 0 Å². The van der Waals surface area contributed by atoms with Gasteiger partial charge >= 0.3 is 0 Å². The first-order valence-corrected chi connectivity index (χ1v) is 5.97. The zero-order valence-corrected chi connectivity index (χ0v) is 10.4. The van der Waals surface area contributed by atoms with E-state index in [0.717, 1.165) is 22.0 Å². The number of rotatable bonds is 3. The molecular formula is C13H13N5O. The third kappa shape index (κ3) is 2.08.